The van der Waals surface area contributed by atoms with Gasteiger partial charge < -0.3 is 5.11 Å². The molecule has 0 unspecified atom stereocenters. The van der Waals surface area contributed by atoms with E-state index in [1.807, 2.05) is 62.8 Å². The Morgan fingerprint density at radius 1 is 1.14 bits per heavy atom. The second-order valence-corrected chi connectivity index (χ2v) is 6.91. The number of benzene rings is 1. The van der Waals surface area contributed by atoms with Gasteiger partial charge in [-0.15, -0.1) is 0 Å². The van der Waals surface area contributed by atoms with E-state index in [0.717, 1.165) is 39.5 Å². The fraction of sp³-hybridized carbons (Fsp3) is 0.273. The first-order chi connectivity index (χ1) is 13.8. The second-order valence-electron chi connectivity index (χ2n) is 6.91. The number of carboxylic acid groups (broad SMARTS) is 1. The molecule has 150 valence electrons. The molecule has 0 saturated carbocycles. The molecule has 1 aromatic carbocycles. The predicted molar refractivity (Wildman–Crippen MR) is 114 cm³/mol. The van der Waals surface area contributed by atoms with Gasteiger partial charge >= 0.3 is 5.97 Å². The van der Waals surface area contributed by atoms with Crippen molar-refractivity contribution in [3.05, 3.63) is 59.1 Å². The summed E-state index contributed by atoms with van der Waals surface area (Å²) in [7, 11) is 1.91. The third-order valence-corrected chi connectivity index (χ3v) is 5.00. The highest BCUT2D eigenvalue weighted by Crippen LogP contribution is 2.35. The summed E-state index contributed by atoms with van der Waals surface area (Å²) in [5, 5.41) is 18.7. The average Bonchev–Trinajstić information content (AvgIpc) is 3.15. The molecular formula is C22H25N5O2. The molecule has 0 spiro atoms. The number of aliphatic carboxylic acids is 1. The third-order valence-electron chi connectivity index (χ3n) is 5.00. The fourth-order valence-corrected chi connectivity index (χ4v) is 3.47. The number of hydrogen-bond acceptors (Lipinski definition) is 4. The van der Waals surface area contributed by atoms with E-state index in [1.165, 1.54) is 6.08 Å². The number of carboxylic acids is 1. The van der Waals surface area contributed by atoms with Gasteiger partial charge in [-0.1, -0.05) is 36.4 Å². The quantitative estimate of drug-likeness (QED) is 0.412. The minimum absolute atomic E-state index is 0.0255. The molecule has 0 atom stereocenters. The SMILES string of the molecule is C/C=C(\N=C(/C)n1nc(-c2ccccc2)c(C)c1-c1c(C)nn(C)c1C)C(=O)O. The molecule has 0 aliphatic carbocycles. The number of carbonyl (C=O) groups is 1. The van der Waals surface area contributed by atoms with Crippen molar-refractivity contribution in [2.75, 3.05) is 0 Å². The van der Waals surface area contributed by atoms with E-state index in [9.17, 15) is 9.90 Å². The van der Waals surface area contributed by atoms with Crippen LogP contribution in [-0.4, -0.2) is 36.5 Å². The van der Waals surface area contributed by atoms with Crippen molar-refractivity contribution in [3.8, 4) is 22.5 Å². The van der Waals surface area contributed by atoms with E-state index in [2.05, 4.69) is 10.1 Å². The van der Waals surface area contributed by atoms with Gasteiger partial charge in [0.1, 0.15) is 11.5 Å². The summed E-state index contributed by atoms with van der Waals surface area (Å²) in [6.45, 7) is 9.41. The minimum atomic E-state index is -1.07. The summed E-state index contributed by atoms with van der Waals surface area (Å²) in [6.07, 6.45) is 1.47. The lowest BCUT2D eigenvalue weighted by atomic mass is 10.0. The second kappa shape index (κ2) is 7.87. The highest BCUT2D eigenvalue weighted by molar-refractivity contribution is 5.95. The summed E-state index contributed by atoms with van der Waals surface area (Å²) in [5.41, 5.74) is 6.51. The molecule has 7 nitrogen and oxygen atoms in total. The molecule has 0 aliphatic heterocycles. The van der Waals surface area contributed by atoms with Gasteiger partial charge in [0, 0.05) is 29.4 Å². The number of nitrogens with zero attached hydrogens (tertiary/aromatic N) is 5. The number of aryl methyl sites for hydroxylation is 2. The van der Waals surface area contributed by atoms with Crippen LogP contribution in [0.15, 0.2) is 47.1 Å². The van der Waals surface area contributed by atoms with E-state index in [4.69, 9.17) is 5.10 Å². The molecule has 0 fully saturated rings. The Kier molecular flexibility index (Phi) is 5.50. The van der Waals surface area contributed by atoms with Crippen molar-refractivity contribution < 1.29 is 9.90 Å². The normalized spacial score (nSPS) is 12.5. The zero-order valence-corrected chi connectivity index (χ0v) is 17.6. The van der Waals surface area contributed by atoms with Crippen LogP contribution in [0.25, 0.3) is 22.5 Å². The number of hydrogen-bond donors (Lipinski definition) is 1. The van der Waals surface area contributed by atoms with Gasteiger partial charge in [-0.05, 0) is 34.6 Å². The maximum Gasteiger partial charge on any atom is 0.354 e. The van der Waals surface area contributed by atoms with Crippen molar-refractivity contribution in [1.29, 1.82) is 0 Å². The Balaban J connectivity index is 2.33. The molecule has 29 heavy (non-hydrogen) atoms. The van der Waals surface area contributed by atoms with Crippen LogP contribution in [0.1, 0.15) is 30.8 Å². The van der Waals surface area contributed by atoms with Crippen LogP contribution in [0, 0.1) is 20.8 Å². The lowest BCUT2D eigenvalue weighted by Gasteiger charge is -2.09. The number of aromatic nitrogens is 4. The molecule has 7 heteroatoms. The van der Waals surface area contributed by atoms with Crippen LogP contribution in [0.4, 0.5) is 0 Å². The molecule has 3 aromatic rings. The van der Waals surface area contributed by atoms with Gasteiger partial charge in [-0.2, -0.15) is 10.2 Å². The van der Waals surface area contributed by atoms with Crippen LogP contribution in [-0.2, 0) is 11.8 Å². The van der Waals surface area contributed by atoms with Crippen molar-refractivity contribution >= 4 is 11.8 Å². The van der Waals surface area contributed by atoms with Crippen LogP contribution >= 0.6 is 0 Å². The zero-order valence-electron chi connectivity index (χ0n) is 17.6. The molecule has 0 amide bonds. The van der Waals surface area contributed by atoms with Gasteiger partial charge in [-0.25, -0.2) is 14.5 Å². The lowest BCUT2D eigenvalue weighted by molar-refractivity contribution is -0.132. The lowest BCUT2D eigenvalue weighted by Crippen LogP contribution is -2.14. The first-order valence-corrected chi connectivity index (χ1v) is 9.37. The van der Waals surface area contributed by atoms with E-state index >= 15 is 0 Å². The molecule has 0 saturated heterocycles. The van der Waals surface area contributed by atoms with Crippen molar-refractivity contribution in [2.45, 2.75) is 34.6 Å². The summed E-state index contributed by atoms with van der Waals surface area (Å²) >= 11 is 0. The Bertz CT molecular complexity index is 1130. The Hall–Kier alpha value is -3.48. The van der Waals surface area contributed by atoms with Gasteiger partial charge in [0.25, 0.3) is 0 Å². The number of rotatable bonds is 4. The highest BCUT2D eigenvalue weighted by atomic mass is 16.4. The number of aliphatic imine (C=N–C) groups is 1. The molecule has 3 rings (SSSR count). The standard InChI is InChI=1S/C22H25N5O2/c1-7-18(22(28)29)23-16(5)27-21(19-14(3)24-26(6)15(19)4)13(2)20(25-27)17-11-9-8-10-12-17/h7-12H,1-6H3,(H,28,29)/b18-7-,23-16+. The van der Waals surface area contributed by atoms with Crippen molar-refractivity contribution in [1.82, 2.24) is 19.6 Å². The molecule has 0 aliphatic rings. The maximum absolute atomic E-state index is 11.4. The third kappa shape index (κ3) is 3.63. The fourth-order valence-electron chi connectivity index (χ4n) is 3.47. The van der Waals surface area contributed by atoms with Gasteiger partial charge in [-0.3, -0.25) is 4.68 Å². The molecule has 1 N–H and O–H groups in total. The average molecular weight is 391 g/mol. The Morgan fingerprint density at radius 3 is 2.31 bits per heavy atom. The smallest absolute Gasteiger partial charge is 0.354 e. The number of allylic oxidation sites excluding steroid dienone is 1. The summed E-state index contributed by atoms with van der Waals surface area (Å²) in [6, 6.07) is 9.92. The van der Waals surface area contributed by atoms with Crippen molar-refractivity contribution in [3.63, 3.8) is 0 Å². The first kappa shape index (κ1) is 20.3. The Labute approximate surface area is 170 Å². The molecule has 2 heterocycles. The van der Waals surface area contributed by atoms with E-state index in [-0.39, 0.29) is 5.70 Å². The van der Waals surface area contributed by atoms with Crippen LogP contribution in [0.5, 0.6) is 0 Å². The molecule has 2 aromatic heterocycles. The summed E-state index contributed by atoms with van der Waals surface area (Å²) in [4.78, 5) is 15.8. The summed E-state index contributed by atoms with van der Waals surface area (Å²) < 4.78 is 3.56. The van der Waals surface area contributed by atoms with Gasteiger partial charge in [0.15, 0.2) is 0 Å². The molecular weight excluding hydrogens is 366 g/mol. The van der Waals surface area contributed by atoms with Gasteiger partial charge in [0.05, 0.1) is 17.1 Å². The van der Waals surface area contributed by atoms with Crippen LogP contribution in [0.2, 0.25) is 0 Å². The van der Waals surface area contributed by atoms with Crippen LogP contribution < -0.4 is 0 Å². The van der Waals surface area contributed by atoms with Crippen molar-refractivity contribution in [2.24, 2.45) is 12.0 Å². The zero-order chi connectivity index (χ0) is 21.3. The predicted octanol–water partition coefficient (Wildman–Crippen LogP) is 4.13. The maximum atomic E-state index is 11.4. The van der Waals surface area contributed by atoms with E-state index in [1.54, 1.807) is 18.5 Å². The topological polar surface area (TPSA) is 85.3 Å². The largest absolute Gasteiger partial charge is 0.477 e. The van der Waals surface area contributed by atoms with E-state index in [0.29, 0.717) is 5.84 Å². The molecule has 0 radical (unpaired) electrons. The minimum Gasteiger partial charge on any atom is -0.477 e. The Morgan fingerprint density at radius 2 is 1.79 bits per heavy atom. The molecule has 0 bridgehead atoms. The first-order valence-electron chi connectivity index (χ1n) is 9.37. The van der Waals surface area contributed by atoms with Crippen LogP contribution in [0.3, 0.4) is 0 Å². The van der Waals surface area contributed by atoms with E-state index < -0.39 is 5.97 Å². The highest BCUT2D eigenvalue weighted by Gasteiger charge is 2.24. The monoisotopic (exact) mass is 391 g/mol. The van der Waals surface area contributed by atoms with Gasteiger partial charge in [0.2, 0.25) is 0 Å². The summed E-state index contributed by atoms with van der Waals surface area (Å²) in [5.74, 6) is -0.599.